The fraction of sp³-hybridized carbons (Fsp3) is 0.533. The summed E-state index contributed by atoms with van der Waals surface area (Å²) in [6, 6.07) is 6.78. The minimum Gasteiger partial charge on any atom is -0.368 e. The van der Waals surface area contributed by atoms with Gasteiger partial charge in [0.2, 0.25) is 5.91 Å². The van der Waals surface area contributed by atoms with Crippen LogP contribution in [0, 0.1) is 11.7 Å². The normalized spacial score (nSPS) is 18.0. The van der Waals surface area contributed by atoms with E-state index in [1.54, 1.807) is 18.2 Å². The van der Waals surface area contributed by atoms with E-state index < -0.39 is 5.54 Å². The average Bonchev–Trinajstić information content (AvgIpc) is 3.20. The lowest BCUT2D eigenvalue weighted by Crippen LogP contribution is -2.61. The number of benzene rings is 1. The van der Waals surface area contributed by atoms with Gasteiger partial charge in [0.25, 0.3) is 0 Å². The van der Waals surface area contributed by atoms with Crippen LogP contribution in [-0.2, 0) is 4.79 Å². The van der Waals surface area contributed by atoms with Crippen molar-refractivity contribution in [3.8, 4) is 0 Å². The van der Waals surface area contributed by atoms with Gasteiger partial charge >= 0.3 is 0 Å². The molecule has 1 aliphatic carbocycles. The molecule has 0 saturated heterocycles. The van der Waals surface area contributed by atoms with Crippen LogP contribution in [-0.4, -0.2) is 23.2 Å². The molecule has 20 heavy (non-hydrogen) atoms. The molecule has 1 fully saturated rings. The van der Waals surface area contributed by atoms with Gasteiger partial charge in [0, 0.05) is 16.7 Å². The highest BCUT2D eigenvalue weighted by atomic mass is 32.2. The van der Waals surface area contributed by atoms with Crippen LogP contribution in [0.2, 0.25) is 0 Å². The number of hydrogen-bond donors (Lipinski definition) is 2. The lowest BCUT2D eigenvalue weighted by atomic mass is 9.93. The smallest absolute Gasteiger partial charge is 0.238 e. The SMILES string of the molecule is CC(C)NC(CSc1ccccc1F)(C(N)=O)C1CC1. The van der Waals surface area contributed by atoms with Crippen molar-refractivity contribution in [3.63, 3.8) is 0 Å². The van der Waals surface area contributed by atoms with Gasteiger partial charge in [0.1, 0.15) is 11.4 Å². The number of halogens is 1. The van der Waals surface area contributed by atoms with Gasteiger partial charge < -0.3 is 11.1 Å². The first-order valence-electron chi connectivity index (χ1n) is 6.90. The maximum atomic E-state index is 13.7. The molecule has 5 heteroatoms. The molecule has 1 unspecified atom stereocenters. The first-order chi connectivity index (χ1) is 9.45. The minimum absolute atomic E-state index is 0.157. The molecule has 1 aromatic rings. The molecule has 1 atom stereocenters. The highest BCUT2D eigenvalue weighted by Crippen LogP contribution is 2.42. The van der Waals surface area contributed by atoms with Gasteiger partial charge in [0.05, 0.1) is 0 Å². The van der Waals surface area contributed by atoms with Crippen LogP contribution in [0.3, 0.4) is 0 Å². The van der Waals surface area contributed by atoms with E-state index in [0.29, 0.717) is 10.6 Å². The van der Waals surface area contributed by atoms with Crippen LogP contribution >= 0.6 is 11.8 Å². The zero-order chi connectivity index (χ0) is 14.8. The van der Waals surface area contributed by atoms with Crippen LogP contribution in [0.1, 0.15) is 26.7 Å². The Labute approximate surface area is 123 Å². The summed E-state index contributed by atoms with van der Waals surface area (Å²) in [6.45, 7) is 3.99. The summed E-state index contributed by atoms with van der Waals surface area (Å²) in [5.41, 5.74) is 4.92. The maximum absolute atomic E-state index is 13.7. The van der Waals surface area contributed by atoms with Gasteiger partial charge in [-0.25, -0.2) is 4.39 Å². The monoisotopic (exact) mass is 296 g/mol. The molecule has 0 heterocycles. The van der Waals surface area contributed by atoms with Crippen molar-refractivity contribution in [2.45, 2.75) is 43.2 Å². The van der Waals surface area contributed by atoms with Crippen LogP contribution < -0.4 is 11.1 Å². The van der Waals surface area contributed by atoms with Crippen molar-refractivity contribution in [1.29, 1.82) is 0 Å². The van der Waals surface area contributed by atoms with Gasteiger partial charge in [-0.15, -0.1) is 11.8 Å². The number of rotatable bonds is 7. The van der Waals surface area contributed by atoms with E-state index in [2.05, 4.69) is 5.32 Å². The number of carbonyl (C=O) groups excluding carboxylic acids is 1. The second-order valence-electron chi connectivity index (χ2n) is 5.63. The number of nitrogens with one attached hydrogen (secondary N) is 1. The summed E-state index contributed by atoms with van der Waals surface area (Å²) in [6.07, 6.45) is 2.00. The molecule has 1 amide bonds. The molecule has 1 saturated carbocycles. The van der Waals surface area contributed by atoms with Gasteiger partial charge in [-0.05, 0) is 44.7 Å². The zero-order valence-corrected chi connectivity index (χ0v) is 12.7. The van der Waals surface area contributed by atoms with E-state index in [9.17, 15) is 9.18 Å². The Bertz CT molecular complexity index is 491. The number of nitrogens with two attached hydrogens (primary N) is 1. The number of thioether (sulfide) groups is 1. The highest BCUT2D eigenvalue weighted by molar-refractivity contribution is 7.99. The Morgan fingerprint density at radius 2 is 2.15 bits per heavy atom. The van der Waals surface area contributed by atoms with Crippen LogP contribution in [0.25, 0.3) is 0 Å². The Morgan fingerprint density at radius 1 is 1.50 bits per heavy atom. The van der Waals surface area contributed by atoms with Crippen molar-refractivity contribution in [3.05, 3.63) is 30.1 Å². The number of amides is 1. The van der Waals surface area contributed by atoms with E-state index in [1.165, 1.54) is 17.8 Å². The summed E-state index contributed by atoms with van der Waals surface area (Å²) in [4.78, 5) is 12.6. The predicted molar refractivity (Wildman–Crippen MR) is 80.0 cm³/mol. The predicted octanol–water partition coefficient (Wildman–Crippen LogP) is 2.55. The lowest BCUT2D eigenvalue weighted by Gasteiger charge is -2.33. The summed E-state index contributed by atoms with van der Waals surface area (Å²) in [5.74, 6) is 0.141. The second kappa shape index (κ2) is 6.14. The van der Waals surface area contributed by atoms with Crippen molar-refractivity contribution in [1.82, 2.24) is 5.32 Å². The van der Waals surface area contributed by atoms with Crippen molar-refractivity contribution in [2.24, 2.45) is 11.7 Å². The summed E-state index contributed by atoms with van der Waals surface area (Å²) in [7, 11) is 0. The Kier molecular flexibility index (Phi) is 4.70. The highest BCUT2D eigenvalue weighted by Gasteiger charge is 2.50. The Morgan fingerprint density at radius 3 is 2.65 bits per heavy atom. The van der Waals surface area contributed by atoms with E-state index in [-0.39, 0.29) is 23.7 Å². The van der Waals surface area contributed by atoms with Gasteiger partial charge in [-0.1, -0.05) is 12.1 Å². The lowest BCUT2D eigenvalue weighted by molar-refractivity contribution is -0.124. The summed E-state index contributed by atoms with van der Waals surface area (Å²) < 4.78 is 13.7. The van der Waals surface area contributed by atoms with Crippen LogP contribution in [0.5, 0.6) is 0 Å². The van der Waals surface area contributed by atoms with Crippen molar-refractivity contribution < 1.29 is 9.18 Å². The molecule has 110 valence electrons. The second-order valence-corrected chi connectivity index (χ2v) is 6.65. The first kappa shape index (κ1) is 15.3. The Balaban J connectivity index is 2.15. The molecule has 3 nitrogen and oxygen atoms in total. The van der Waals surface area contributed by atoms with E-state index in [4.69, 9.17) is 5.73 Å². The maximum Gasteiger partial charge on any atom is 0.238 e. The number of carbonyl (C=O) groups is 1. The molecular formula is C15H21FN2OS. The van der Waals surface area contributed by atoms with Crippen molar-refractivity contribution in [2.75, 3.05) is 5.75 Å². The topological polar surface area (TPSA) is 55.1 Å². The third kappa shape index (κ3) is 3.33. The molecule has 0 aliphatic heterocycles. The quantitative estimate of drug-likeness (QED) is 0.760. The number of primary amides is 1. The zero-order valence-electron chi connectivity index (χ0n) is 11.9. The van der Waals surface area contributed by atoms with E-state index in [0.717, 1.165) is 12.8 Å². The fourth-order valence-corrected chi connectivity index (χ4v) is 3.69. The summed E-state index contributed by atoms with van der Waals surface area (Å²) in [5, 5.41) is 3.33. The molecule has 0 spiro atoms. The first-order valence-corrected chi connectivity index (χ1v) is 7.89. The molecule has 1 aromatic carbocycles. The fourth-order valence-electron chi connectivity index (χ4n) is 2.47. The van der Waals surface area contributed by atoms with Crippen molar-refractivity contribution >= 4 is 17.7 Å². The average molecular weight is 296 g/mol. The largest absolute Gasteiger partial charge is 0.368 e. The number of hydrogen-bond acceptors (Lipinski definition) is 3. The van der Waals surface area contributed by atoms with Gasteiger partial charge in [-0.3, -0.25) is 4.79 Å². The molecular weight excluding hydrogens is 275 g/mol. The summed E-state index contributed by atoms with van der Waals surface area (Å²) >= 11 is 1.35. The van der Waals surface area contributed by atoms with Gasteiger partial charge in [0.15, 0.2) is 0 Å². The molecule has 0 radical (unpaired) electrons. The molecule has 0 aromatic heterocycles. The van der Waals surface area contributed by atoms with Crippen LogP contribution in [0.4, 0.5) is 4.39 Å². The molecule has 1 aliphatic rings. The van der Waals surface area contributed by atoms with Crippen LogP contribution in [0.15, 0.2) is 29.2 Å². The molecule has 2 rings (SSSR count). The standard InChI is InChI=1S/C15H21FN2OS/c1-10(2)18-15(14(17)19,11-7-8-11)9-20-13-6-4-3-5-12(13)16/h3-6,10-11,18H,7-9H2,1-2H3,(H2,17,19). The van der Waals surface area contributed by atoms with E-state index >= 15 is 0 Å². The molecule has 0 bridgehead atoms. The Hall–Kier alpha value is -1.07. The molecule has 3 N–H and O–H groups in total. The minimum atomic E-state index is -0.735. The van der Waals surface area contributed by atoms with Gasteiger partial charge in [-0.2, -0.15) is 0 Å². The van der Waals surface area contributed by atoms with E-state index in [1.807, 2.05) is 13.8 Å². The third-order valence-corrected chi connectivity index (χ3v) is 4.79. The third-order valence-electron chi connectivity index (χ3n) is 3.55.